The Morgan fingerprint density at radius 1 is 1.20 bits per heavy atom. The second-order valence-electron chi connectivity index (χ2n) is 8.81. The van der Waals surface area contributed by atoms with Crippen LogP contribution in [0.1, 0.15) is 23.2 Å². The summed E-state index contributed by atoms with van der Waals surface area (Å²) in [5.74, 6) is 1.33. The molecule has 0 bridgehead atoms. The van der Waals surface area contributed by atoms with Gasteiger partial charge < -0.3 is 20.4 Å². The second-order valence-corrected chi connectivity index (χ2v) is 8.81. The fourth-order valence-electron chi connectivity index (χ4n) is 4.85. The Hall–Kier alpha value is -4.40. The molecular weight excluding hydrogens is 442 g/mol. The maximum Gasteiger partial charge on any atom is 0.223 e. The van der Waals surface area contributed by atoms with Crippen molar-refractivity contribution in [2.75, 3.05) is 12.4 Å². The van der Waals surface area contributed by atoms with Gasteiger partial charge in [0.25, 0.3) is 0 Å². The molecular formula is C26H25N7O2. The largest absolute Gasteiger partial charge is 0.494 e. The predicted octanol–water partition coefficient (Wildman–Crippen LogP) is 4.01. The Morgan fingerprint density at radius 2 is 2.09 bits per heavy atom. The van der Waals surface area contributed by atoms with Gasteiger partial charge in [-0.05, 0) is 36.5 Å². The highest BCUT2D eigenvalue weighted by molar-refractivity contribution is 5.96. The molecule has 6 rings (SSSR count). The number of aromatic nitrogens is 5. The first-order valence-corrected chi connectivity index (χ1v) is 11.6. The number of carbonyl (C=O) groups is 1. The number of aryl methyl sites for hydroxylation is 1. The highest BCUT2D eigenvalue weighted by Crippen LogP contribution is 2.37. The number of benzene rings is 2. The van der Waals surface area contributed by atoms with Gasteiger partial charge in [0.1, 0.15) is 23.5 Å². The number of nitrogens with zero attached hydrogens (tertiary/aromatic N) is 3. The summed E-state index contributed by atoms with van der Waals surface area (Å²) in [5, 5.41) is 15.5. The first kappa shape index (κ1) is 21.2. The lowest BCUT2D eigenvalue weighted by Crippen LogP contribution is -2.33. The lowest BCUT2D eigenvalue weighted by atomic mass is 9.86. The summed E-state index contributed by atoms with van der Waals surface area (Å²) in [5.41, 5.74) is 5.74. The minimum atomic E-state index is -0.102. The zero-order chi connectivity index (χ0) is 23.8. The summed E-state index contributed by atoms with van der Waals surface area (Å²) in [6.45, 7) is 0.531. The number of hydrogen-bond acceptors (Lipinski definition) is 6. The van der Waals surface area contributed by atoms with Crippen molar-refractivity contribution in [3.05, 3.63) is 71.8 Å². The quantitative estimate of drug-likeness (QED) is 0.300. The van der Waals surface area contributed by atoms with E-state index in [-0.39, 0.29) is 11.8 Å². The third-order valence-corrected chi connectivity index (χ3v) is 6.67. The van der Waals surface area contributed by atoms with Crippen molar-refractivity contribution in [2.24, 2.45) is 5.92 Å². The molecule has 1 aliphatic carbocycles. The van der Waals surface area contributed by atoms with Crippen LogP contribution in [-0.2, 0) is 24.2 Å². The molecule has 0 fully saturated rings. The van der Waals surface area contributed by atoms with Gasteiger partial charge in [-0.15, -0.1) is 0 Å². The third-order valence-electron chi connectivity index (χ3n) is 6.67. The van der Waals surface area contributed by atoms with Crippen LogP contribution in [0.15, 0.2) is 55.0 Å². The summed E-state index contributed by atoms with van der Waals surface area (Å²) < 4.78 is 5.60. The van der Waals surface area contributed by atoms with E-state index in [1.807, 2.05) is 42.5 Å². The van der Waals surface area contributed by atoms with E-state index in [0.29, 0.717) is 24.5 Å². The molecule has 9 heteroatoms. The number of nitrogens with one attached hydrogen (secondary N) is 4. The van der Waals surface area contributed by atoms with E-state index in [4.69, 9.17) is 4.74 Å². The minimum Gasteiger partial charge on any atom is -0.494 e. The maximum atomic E-state index is 13.0. The van der Waals surface area contributed by atoms with Crippen molar-refractivity contribution < 1.29 is 9.53 Å². The highest BCUT2D eigenvalue weighted by atomic mass is 16.5. The van der Waals surface area contributed by atoms with E-state index in [9.17, 15) is 4.79 Å². The van der Waals surface area contributed by atoms with Gasteiger partial charge in [0.15, 0.2) is 0 Å². The molecule has 3 aromatic heterocycles. The van der Waals surface area contributed by atoms with Crippen LogP contribution < -0.4 is 15.4 Å². The van der Waals surface area contributed by atoms with Crippen molar-refractivity contribution in [3.63, 3.8) is 0 Å². The van der Waals surface area contributed by atoms with Crippen molar-refractivity contribution in [2.45, 2.75) is 25.8 Å². The van der Waals surface area contributed by atoms with Gasteiger partial charge in [0, 0.05) is 29.6 Å². The molecule has 35 heavy (non-hydrogen) atoms. The van der Waals surface area contributed by atoms with Gasteiger partial charge in [-0.25, -0.2) is 9.97 Å². The topological polar surface area (TPSA) is 121 Å². The molecule has 176 valence electrons. The zero-order valence-electron chi connectivity index (χ0n) is 19.3. The van der Waals surface area contributed by atoms with E-state index in [1.54, 1.807) is 19.6 Å². The summed E-state index contributed by atoms with van der Waals surface area (Å²) in [4.78, 5) is 25.5. The number of ether oxygens (including phenoxy) is 1. The smallest absolute Gasteiger partial charge is 0.223 e. The SMILES string of the molecule is COc1cc2[nH]ncc2cc1Nc1ncnc2[nH]c3c(c12)C[C@@H](C(=O)NCc1ccccc1)CC3. The molecule has 0 saturated heterocycles. The fraction of sp³-hybridized carbons (Fsp3) is 0.231. The minimum absolute atomic E-state index is 0.0762. The Morgan fingerprint density at radius 3 is 2.94 bits per heavy atom. The van der Waals surface area contributed by atoms with Crippen molar-refractivity contribution in [3.8, 4) is 5.75 Å². The molecule has 2 aromatic carbocycles. The number of rotatable bonds is 6. The fourth-order valence-corrected chi connectivity index (χ4v) is 4.85. The van der Waals surface area contributed by atoms with Crippen LogP contribution in [0.25, 0.3) is 21.9 Å². The number of amides is 1. The molecule has 1 atom stereocenters. The van der Waals surface area contributed by atoms with Gasteiger partial charge in [0.05, 0.1) is 29.9 Å². The standard InChI is InChI=1S/C26H25N7O2/c1-35-22-11-20-17(13-30-33-20)10-21(22)32-25-23-18-9-16(7-8-19(18)31-24(23)28-14-29-25)26(34)27-12-15-5-3-2-4-6-15/h2-6,10-11,13-14,16H,7-9,12H2,1H3,(H,27,34)(H,30,33)(H2,28,29,31,32)/t16-/m0/s1. The lowest BCUT2D eigenvalue weighted by molar-refractivity contribution is -0.125. The van der Waals surface area contributed by atoms with Crippen molar-refractivity contribution in [1.82, 2.24) is 30.5 Å². The van der Waals surface area contributed by atoms with Crippen LogP contribution in [-0.4, -0.2) is 38.2 Å². The van der Waals surface area contributed by atoms with E-state index in [2.05, 4.69) is 35.8 Å². The Balaban J connectivity index is 1.29. The van der Waals surface area contributed by atoms with Crippen LogP contribution in [0.2, 0.25) is 0 Å². The van der Waals surface area contributed by atoms with Crippen LogP contribution in [0.5, 0.6) is 5.75 Å². The number of hydrogen-bond donors (Lipinski definition) is 4. The number of fused-ring (bicyclic) bond motifs is 4. The number of methoxy groups -OCH3 is 1. The molecule has 3 heterocycles. The normalized spacial score (nSPS) is 15.2. The van der Waals surface area contributed by atoms with Crippen LogP contribution in [0.4, 0.5) is 11.5 Å². The summed E-state index contributed by atoms with van der Waals surface area (Å²) >= 11 is 0. The third kappa shape index (κ3) is 3.95. The van der Waals surface area contributed by atoms with Gasteiger partial charge in [-0.2, -0.15) is 5.10 Å². The summed E-state index contributed by atoms with van der Waals surface area (Å²) in [6.07, 6.45) is 5.53. The number of aromatic amines is 2. The molecule has 4 N–H and O–H groups in total. The molecule has 9 nitrogen and oxygen atoms in total. The number of H-pyrrole nitrogens is 2. The van der Waals surface area contributed by atoms with Crippen LogP contribution >= 0.6 is 0 Å². The highest BCUT2D eigenvalue weighted by Gasteiger charge is 2.29. The first-order valence-electron chi connectivity index (χ1n) is 11.6. The molecule has 0 unspecified atom stereocenters. The second kappa shape index (κ2) is 8.75. The van der Waals surface area contributed by atoms with Gasteiger partial charge >= 0.3 is 0 Å². The monoisotopic (exact) mass is 467 g/mol. The Kier molecular flexibility index (Phi) is 5.29. The number of anilines is 2. The van der Waals surface area contributed by atoms with E-state index >= 15 is 0 Å². The molecule has 0 radical (unpaired) electrons. The van der Waals surface area contributed by atoms with Crippen molar-refractivity contribution >= 4 is 39.3 Å². The Labute approximate surface area is 201 Å². The molecule has 1 aliphatic rings. The van der Waals surface area contributed by atoms with Crippen LogP contribution in [0, 0.1) is 5.92 Å². The molecule has 5 aromatic rings. The predicted molar refractivity (Wildman–Crippen MR) is 134 cm³/mol. The zero-order valence-corrected chi connectivity index (χ0v) is 19.3. The van der Waals surface area contributed by atoms with Crippen LogP contribution in [0.3, 0.4) is 0 Å². The van der Waals surface area contributed by atoms with Gasteiger partial charge in [0.2, 0.25) is 5.91 Å². The van der Waals surface area contributed by atoms with Gasteiger partial charge in [-0.3, -0.25) is 9.89 Å². The maximum absolute atomic E-state index is 13.0. The van der Waals surface area contributed by atoms with Gasteiger partial charge in [-0.1, -0.05) is 30.3 Å². The molecule has 0 spiro atoms. The van der Waals surface area contributed by atoms with E-state index in [1.165, 1.54) is 0 Å². The Bertz CT molecular complexity index is 1520. The first-order chi connectivity index (χ1) is 17.2. The summed E-state index contributed by atoms with van der Waals surface area (Å²) in [6, 6.07) is 13.9. The van der Waals surface area contributed by atoms with Crippen molar-refractivity contribution in [1.29, 1.82) is 0 Å². The molecule has 1 amide bonds. The lowest BCUT2D eigenvalue weighted by Gasteiger charge is -2.22. The average molecular weight is 468 g/mol. The molecule has 0 aliphatic heterocycles. The summed E-state index contributed by atoms with van der Waals surface area (Å²) in [7, 11) is 1.63. The van der Waals surface area contributed by atoms with E-state index in [0.717, 1.165) is 57.3 Å². The number of carbonyl (C=O) groups excluding carboxylic acids is 1. The van der Waals surface area contributed by atoms with E-state index < -0.39 is 0 Å². The average Bonchev–Trinajstić information content (AvgIpc) is 3.51. The molecule has 0 saturated carbocycles.